The van der Waals surface area contributed by atoms with Gasteiger partial charge in [-0.15, -0.1) is 0 Å². The van der Waals surface area contributed by atoms with Gasteiger partial charge in [0.2, 0.25) is 0 Å². The van der Waals surface area contributed by atoms with Crippen molar-refractivity contribution < 1.29 is 25.8 Å². The Hall–Kier alpha value is -0.720. The topological polar surface area (TPSA) is 43.4 Å². The second-order valence-electron chi connectivity index (χ2n) is 4.93. The summed E-state index contributed by atoms with van der Waals surface area (Å²) in [7, 11) is -5.55. The van der Waals surface area contributed by atoms with Crippen molar-refractivity contribution in [3.05, 3.63) is 11.3 Å². The van der Waals surface area contributed by atoms with Crippen molar-refractivity contribution in [2.45, 2.75) is 45.5 Å². The van der Waals surface area contributed by atoms with Crippen LogP contribution in [0.3, 0.4) is 0 Å². The molecule has 0 bridgehead atoms. The molecule has 0 heterocycles. The number of rotatable bonds is 3. The summed E-state index contributed by atoms with van der Waals surface area (Å²) in [6.45, 7) is 5.49. The van der Waals surface area contributed by atoms with Crippen LogP contribution in [0.2, 0.25) is 0 Å². The first-order chi connectivity index (χ1) is 8.04. The summed E-state index contributed by atoms with van der Waals surface area (Å²) in [5, 5.41) is 0. The molecule has 0 aromatic rings. The molecular formula is C11H17F3O3S. The molecule has 0 saturated carbocycles. The number of alkyl halides is 3. The van der Waals surface area contributed by atoms with Gasteiger partial charge >= 0.3 is 15.6 Å². The van der Waals surface area contributed by atoms with E-state index in [0.29, 0.717) is 12.0 Å². The summed E-state index contributed by atoms with van der Waals surface area (Å²) < 4.78 is 63.2. The van der Waals surface area contributed by atoms with E-state index in [4.69, 9.17) is 0 Å². The van der Waals surface area contributed by atoms with Crippen molar-refractivity contribution >= 4 is 10.1 Å². The van der Waals surface area contributed by atoms with E-state index in [1.165, 1.54) is 0 Å². The minimum atomic E-state index is -5.55. The summed E-state index contributed by atoms with van der Waals surface area (Å²) in [6.07, 6.45) is 1.66. The Morgan fingerprint density at radius 2 is 1.89 bits per heavy atom. The van der Waals surface area contributed by atoms with Gasteiger partial charge in [0, 0.05) is 6.42 Å². The van der Waals surface area contributed by atoms with Crippen LogP contribution in [0, 0.1) is 11.8 Å². The Balaban J connectivity index is 3.05. The number of halogens is 3. The number of allylic oxidation sites excluding steroid dienone is 2. The lowest BCUT2D eigenvalue weighted by atomic mass is 9.85. The Bertz CT molecular complexity index is 435. The van der Waals surface area contributed by atoms with E-state index in [1.807, 2.05) is 20.8 Å². The minimum absolute atomic E-state index is 0.0177. The van der Waals surface area contributed by atoms with E-state index in [2.05, 4.69) is 4.18 Å². The van der Waals surface area contributed by atoms with Crippen LogP contribution in [0.5, 0.6) is 0 Å². The molecule has 0 aromatic heterocycles. The summed E-state index contributed by atoms with van der Waals surface area (Å²) in [5.41, 5.74) is -4.70. The highest BCUT2D eigenvalue weighted by molar-refractivity contribution is 7.87. The van der Waals surface area contributed by atoms with Crippen LogP contribution >= 0.6 is 0 Å². The third-order valence-electron chi connectivity index (χ3n) is 2.99. The Morgan fingerprint density at radius 3 is 2.33 bits per heavy atom. The Kier molecular flexibility index (Phi) is 4.35. The number of hydrogen-bond donors (Lipinski definition) is 0. The predicted octanol–water partition coefficient (Wildman–Crippen LogP) is 3.58. The zero-order valence-corrected chi connectivity index (χ0v) is 11.4. The largest absolute Gasteiger partial charge is 0.534 e. The molecule has 1 rings (SSSR count). The van der Waals surface area contributed by atoms with Crippen molar-refractivity contribution in [2.75, 3.05) is 0 Å². The maximum absolute atomic E-state index is 12.3. The van der Waals surface area contributed by atoms with Gasteiger partial charge in [-0.25, -0.2) is 0 Å². The molecule has 1 aliphatic rings. The molecule has 0 fully saturated rings. The molecular weight excluding hydrogens is 269 g/mol. The molecule has 18 heavy (non-hydrogen) atoms. The molecule has 0 amide bonds. The highest BCUT2D eigenvalue weighted by atomic mass is 32.2. The second kappa shape index (κ2) is 5.11. The zero-order chi connectivity index (χ0) is 14.1. The second-order valence-corrected chi connectivity index (χ2v) is 6.47. The van der Waals surface area contributed by atoms with Gasteiger partial charge in [-0.3, -0.25) is 0 Å². The van der Waals surface area contributed by atoms with Crippen LogP contribution in [-0.4, -0.2) is 13.9 Å². The predicted molar refractivity (Wildman–Crippen MR) is 60.9 cm³/mol. The average molecular weight is 286 g/mol. The van der Waals surface area contributed by atoms with Crippen molar-refractivity contribution in [1.29, 1.82) is 0 Å². The van der Waals surface area contributed by atoms with Crippen molar-refractivity contribution in [3.8, 4) is 0 Å². The molecule has 0 aliphatic heterocycles. The van der Waals surface area contributed by atoms with Crippen LogP contribution in [0.15, 0.2) is 11.3 Å². The van der Waals surface area contributed by atoms with Crippen LogP contribution in [0.1, 0.15) is 40.0 Å². The summed E-state index contributed by atoms with van der Waals surface area (Å²) in [4.78, 5) is 0. The monoisotopic (exact) mass is 286 g/mol. The lowest BCUT2D eigenvalue weighted by Crippen LogP contribution is -2.27. The molecule has 3 nitrogen and oxygen atoms in total. The lowest BCUT2D eigenvalue weighted by molar-refractivity contribution is -0.0526. The SMILES string of the molecule is CC1CCC(C(C)C)=C(OS(=O)(=O)C(F)(F)F)C1. The van der Waals surface area contributed by atoms with Crippen LogP contribution in [-0.2, 0) is 14.3 Å². The summed E-state index contributed by atoms with van der Waals surface area (Å²) >= 11 is 0. The Labute approximate surface area is 105 Å². The van der Waals surface area contributed by atoms with Crippen LogP contribution < -0.4 is 0 Å². The molecule has 0 spiro atoms. The zero-order valence-electron chi connectivity index (χ0n) is 10.5. The highest BCUT2D eigenvalue weighted by Gasteiger charge is 2.49. The van der Waals surface area contributed by atoms with Crippen molar-refractivity contribution in [2.24, 2.45) is 11.8 Å². The van der Waals surface area contributed by atoms with Crippen molar-refractivity contribution in [3.63, 3.8) is 0 Å². The maximum Gasteiger partial charge on any atom is 0.534 e. The van der Waals surface area contributed by atoms with E-state index >= 15 is 0 Å². The summed E-state index contributed by atoms with van der Waals surface area (Å²) in [6, 6.07) is 0. The van der Waals surface area contributed by atoms with Gasteiger partial charge in [-0.1, -0.05) is 20.8 Å². The average Bonchev–Trinajstić information content (AvgIpc) is 2.14. The van der Waals surface area contributed by atoms with Gasteiger partial charge in [0.25, 0.3) is 0 Å². The minimum Gasteiger partial charge on any atom is -0.381 e. The molecule has 0 aromatic carbocycles. The van der Waals surface area contributed by atoms with E-state index in [9.17, 15) is 21.6 Å². The maximum atomic E-state index is 12.3. The first kappa shape index (κ1) is 15.3. The molecule has 106 valence electrons. The molecule has 1 unspecified atom stereocenters. The normalized spacial score (nSPS) is 22.5. The summed E-state index contributed by atoms with van der Waals surface area (Å²) in [5.74, 6) is 0.0861. The lowest BCUT2D eigenvalue weighted by Gasteiger charge is -2.26. The van der Waals surface area contributed by atoms with Gasteiger partial charge in [-0.05, 0) is 30.3 Å². The molecule has 1 aliphatic carbocycles. The van der Waals surface area contributed by atoms with E-state index in [0.717, 1.165) is 6.42 Å². The van der Waals surface area contributed by atoms with E-state index in [1.54, 1.807) is 0 Å². The van der Waals surface area contributed by atoms with Crippen LogP contribution in [0.25, 0.3) is 0 Å². The van der Waals surface area contributed by atoms with E-state index < -0.39 is 15.6 Å². The third-order valence-corrected chi connectivity index (χ3v) is 3.98. The molecule has 0 saturated heterocycles. The quantitative estimate of drug-likeness (QED) is 0.588. The first-order valence-corrected chi connectivity index (χ1v) is 7.18. The smallest absolute Gasteiger partial charge is 0.381 e. The highest BCUT2D eigenvalue weighted by Crippen LogP contribution is 2.37. The fourth-order valence-corrected chi connectivity index (χ4v) is 2.50. The fourth-order valence-electron chi connectivity index (χ4n) is 1.97. The van der Waals surface area contributed by atoms with Crippen molar-refractivity contribution in [1.82, 2.24) is 0 Å². The number of hydrogen-bond acceptors (Lipinski definition) is 3. The molecule has 0 N–H and O–H groups in total. The fraction of sp³-hybridized carbons (Fsp3) is 0.818. The van der Waals surface area contributed by atoms with Gasteiger partial charge in [0.1, 0.15) is 5.76 Å². The Morgan fingerprint density at radius 1 is 1.33 bits per heavy atom. The standard InChI is InChI=1S/C11H17F3O3S/c1-7(2)9-5-4-8(3)6-10(9)17-18(15,16)11(12,13)14/h7-8H,4-6H2,1-3H3. The van der Waals surface area contributed by atoms with Gasteiger partial charge in [-0.2, -0.15) is 21.6 Å². The van der Waals surface area contributed by atoms with Gasteiger partial charge in [0.05, 0.1) is 0 Å². The molecule has 1 atom stereocenters. The molecule has 0 radical (unpaired) electrons. The van der Waals surface area contributed by atoms with Gasteiger partial charge < -0.3 is 4.18 Å². The van der Waals surface area contributed by atoms with Crippen LogP contribution in [0.4, 0.5) is 13.2 Å². The van der Waals surface area contributed by atoms with Gasteiger partial charge in [0.15, 0.2) is 0 Å². The molecule has 7 heteroatoms. The first-order valence-electron chi connectivity index (χ1n) is 5.77. The van der Waals surface area contributed by atoms with E-state index in [-0.39, 0.29) is 24.0 Å². The third kappa shape index (κ3) is 3.40.